The van der Waals surface area contributed by atoms with Crippen LogP contribution < -0.4 is 15.8 Å². The number of hydrogen-bond acceptors (Lipinski definition) is 3. The summed E-state index contributed by atoms with van der Waals surface area (Å²) in [6.07, 6.45) is 0. The van der Waals surface area contributed by atoms with Crippen LogP contribution in [0.2, 0.25) is 0 Å². The van der Waals surface area contributed by atoms with Gasteiger partial charge in [0.2, 0.25) is 5.91 Å². The summed E-state index contributed by atoms with van der Waals surface area (Å²) < 4.78 is 5.68. The molecule has 1 atom stereocenters. The molecule has 0 aliphatic carbocycles. The van der Waals surface area contributed by atoms with Gasteiger partial charge in [-0.15, -0.1) is 0 Å². The Balaban J connectivity index is 2.64. The summed E-state index contributed by atoms with van der Waals surface area (Å²) in [4.78, 5) is 11.6. The van der Waals surface area contributed by atoms with Gasteiger partial charge in [-0.2, -0.15) is 0 Å². The van der Waals surface area contributed by atoms with Gasteiger partial charge in [-0.25, -0.2) is 0 Å². The van der Waals surface area contributed by atoms with E-state index >= 15 is 0 Å². The van der Waals surface area contributed by atoms with Gasteiger partial charge in [-0.3, -0.25) is 4.79 Å². The molecule has 4 heteroatoms. The lowest BCUT2D eigenvalue weighted by Crippen LogP contribution is -2.43. The highest BCUT2D eigenvalue weighted by Crippen LogP contribution is 2.24. The lowest BCUT2D eigenvalue weighted by atomic mass is 9.84. The average molecular weight is 292 g/mol. The Morgan fingerprint density at radius 2 is 1.81 bits per heavy atom. The Morgan fingerprint density at radius 1 is 1.24 bits per heavy atom. The van der Waals surface area contributed by atoms with Crippen molar-refractivity contribution in [1.82, 2.24) is 5.32 Å². The summed E-state index contributed by atoms with van der Waals surface area (Å²) in [5.41, 5.74) is 6.56. The maximum Gasteiger partial charge on any atom is 0.236 e. The number of amides is 1. The first-order valence-electron chi connectivity index (χ1n) is 7.49. The lowest BCUT2D eigenvalue weighted by Gasteiger charge is -2.26. The molecule has 1 aromatic carbocycles. The van der Waals surface area contributed by atoms with E-state index in [4.69, 9.17) is 10.5 Å². The van der Waals surface area contributed by atoms with E-state index < -0.39 is 6.04 Å². The van der Waals surface area contributed by atoms with Crippen molar-refractivity contribution in [3.63, 3.8) is 0 Å². The minimum absolute atomic E-state index is 0.125. The molecular weight excluding hydrogens is 264 g/mol. The third-order valence-corrected chi connectivity index (χ3v) is 3.34. The van der Waals surface area contributed by atoms with Crippen molar-refractivity contribution in [3.8, 4) is 5.75 Å². The van der Waals surface area contributed by atoms with Crippen molar-refractivity contribution in [2.75, 3.05) is 13.2 Å². The first-order valence-corrected chi connectivity index (χ1v) is 7.49. The first-order chi connectivity index (χ1) is 9.72. The molecule has 0 saturated heterocycles. The normalized spacial score (nSPS) is 13.1. The third kappa shape index (κ3) is 5.76. The van der Waals surface area contributed by atoms with Crippen LogP contribution in [0.5, 0.6) is 5.75 Å². The van der Waals surface area contributed by atoms with Crippen molar-refractivity contribution in [1.29, 1.82) is 0 Å². The molecule has 0 fully saturated rings. The molecular formula is C17H28N2O2. The van der Waals surface area contributed by atoms with Crippen molar-refractivity contribution in [3.05, 3.63) is 29.8 Å². The number of carbonyl (C=O) groups excluding carboxylic acids is 1. The second-order valence-corrected chi connectivity index (χ2v) is 6.62. The third-order valence-electron chi connectivity index (χ3n) is 3.34. The fourth-order valence-corrected chi connectivity index (χ4v) is 1.84. The summed E-state index contributed by atoms with van der Waals surface area (Å²) in [6, 6.07) is 7.58. The molecule has 0 heterocycles. The molecule has 3 N–H and O–H groups in total. The highest BCUT2D eigenvalue weighted by molar-refractivity contribution is 5.81. The molecule has 1 aromatic rings. The van der Waals surface area contributed by atoms with E-state index in [0.29, 0.717) is 19.1 Å². The highest BCUT2D eigenvalue weighted by Gasteiger charge is 2.22. The van der Waals surface area contributed by atoms with Gasteiger partial charge in [0.1, 0.15) is 5.75 Å². The number of nitrogens with one attached hydrogen (secondary N) is 1. The van der Waals surface area contributed by atoms with Crippen molar-refractivity contribution >= 4 is 5.91 Å². The molecule has 118 valence electrons. The maximum absolute atomic E-state index is 11.6. The number of carbonyl (C=O) groups is 1. The smallest absolute Gasteiger partial charge is 0.236 e. The SMILES string of the molecule is CC(C)COc1ccc(C(C)(C)CNC(=O)[C@H](C)N)cc1. The van der Waals surface area contributed by atoms with Crippen molar-refractivity contribution < 1.29 is 9.53 Å². The summed E-state index contributed by atoms with van der Waals surface area (Å²) in [5, 5.41) is 2.88. The molecule has 0 unspecified atom stereocenters. The minimum atomic E-state index is -0.479. The predicted octanol–water partition coefficient (Wildman–Crippen LogP) is 2.46. The van der Waals surface area contributed by atoms with Crippen LogP contribution in [0.4, 0.5) is 0 Å². The van der Waals surface area contributed by atoms with Gasteiger partial charge in [0.25, 0.3) is 0 Å². The van der Waals surface area contributed by atoms with Gasteiger partial charge in [0, 0.05) is 12.0 Å². The van der Waals surface area contributed by atoms with Crippen molar-refractivity contribution in [2.24, 2.45) is 11.7 Å². The fraction of sp³-hybridized carbons (Fsp3) is 0.588. The van der Waals surface area contributed by atoms with Gasteiger partial charge in [-0.1, -0.05) is 39.8 Å². The molecule has 0 radical (unpaired) electrons. The quantitative estimate of drug-likeness (QED) is 0.811. The van der Waals surface area contributed by atoms with E-state index in [9.17, 15) is 4.79 Å². The van der Waals surface area contributed by atoms with Crippen molar-refractivity contribution in [2.45, 2.75) is 46.1 Å². The molecule has 1 rings (SSSR count). The Kier molecular flexibility index (Phi) is 6.21. The van der Waals surface area contributed by atoms with Gasteiger partial charge in [-0.05, 0) is 30.5 Å². The average Bonchev–Trinajstić information content (AvgIpc) is 2.43. The summed E-state index contributed by atoms with van der Waals surface area (Å²) in [6.45, 7) is 11.4. The number of rotatable bonds is 7. The monoisotopic (exact) mass is 292 g/mol. The zero-order valence-electron chi connectivity index (χ0n) is 13.8. The summed E-state index contributed by atoms with van der Waals surface area (Å²) in [7, 11) is 0. The van der Waals surface area contributed by atoms with Crippen LogP contribution in [0.1, 0.15) is 40.2 Å². The molecule has 0 saturated carbocycles. The fourth-order valence-electron chi connectivity index (χ4n) is 1.84. The molecule has 0 spiro atoms. The highest BCUT2D eigenvalue weighted by atomic mass is 16.5. The van der Waals surface area contributed by atoms with Gasteiger partial charge in [0.15, 0.2) is 0 Å². The van der Waals surface area contributed by atoms with E-state index in [2.05, 4.69) is 33.0 Å². The lowest BCUT2D eigenvalue weighted by molar-refractivity contribution is -0.122. The molecule has 1 amide bonds. The molecule has 0 aliphatic rings. The summed E-state index contributed by atoms with van der Waals surface area (Å²) in [5.74, 6) is 1.26. The minimum Gasteiger partial charge on any atom is -0.493 e. The van der Waals surface area contributed by atoms with Crippen LogP contribution in [-0.4, -0.2) is 25.1 Å². The molecule has 0 aromatic heterocycles. The number of nitrogens with two attached hydrogens (primary N) is 1. The largest absolute Gasteiger partial charge is 0.493 e. The van der Waals surface area contributed by atoms with E-state index in [1.165, 1.54) is 0 Å². The Bertz CT molecular complexity index is 450. The van der Waals surface area contributed by atoms with E-state index in [0.717, 1.165) is 11.3 Å². The van der Waals surface area contributed by atoms with Crippen LogP contribution in [0.15, 0.2) is 24.3 Å². The van der Waals surface area contributed by atoms with Gasteiger partial charge < -0.3 is 15.8 Å². The Hall–Kier alpha value is -1.55. The molecule has 0 aliphatic heterocycles. The first kappa shape index (κ1) is 17.5. The second-order valence-electron chi connectivity index (χ2n) is 6.62. The Morgan fingerprint density at radius 3 is 2.29 bits per heavy atom. The molecule has 21 heavy (non-hydrogen) atoms. The number of hydrogen-bond donors (Lipinski definition) is 2. The van der Waals surface area contributed by atoms with Crippen LogP contribution in [0.25, 0.3) is 0 Å². The van der Waals surface area contributed by atoms with Gasteiger partial charge in [0.05, 0.1) is 12.6 Å². The van der Waals surface area contributed by atoms with E-state index in [1.807, 2.05) is 24.3 Å². The Labute approximate surface area is 128 Å². The number of ether oxygens (including phenoxy) is 1. The zero-order valence-corrected chi connectivity index (χ0v) is 13.8. The second kappa shape index (κ2) is 7.46. The van der Waals surface area contributed by atoms with Gasteiger partial charge >= 0.3 is 0 Å². The number of benzene rings is 1. The molecule has 4 nitrogen and oxygen atoms in total. The molecule has 0 bridgehead atoms. The maximum atomic E-state index is 11.6. The summed E-state index contributed by atoms with van der Waals surface area (Å²) >= 11 is 0. The van der Waals surface area contributed by atoms with E-state index in [-0.39, 0.29) is 11.3 Å². The van der Waals surface area contributed by atoms with Crippen LogP contribution in [-0.2, 0) is 10.2 Å². The predicted molar refractivity (Wildman–Crippen MR) is 86.5 cm³/mol. The van der Waals surface area contributed by atoms with E-state index in [1.54, 1.807) is 6.92 Å². The van der Waals surface area contributed by atoms with Crippen LogP contribution >= 0.6 is 0 Å². The standard InChI is InChI=1S/C17H28N2O2/c1-12(2)10-21-15-8-6-14(7-9-15)17(4,5)11-19-16(20)13(3)18/h6-9,12-13H,10-11,18H2,1-5H3,(H,19,20)/t13-/m0/s1. The van der Waals surface area contributed by atoms with Crippen LogP contribution in [0, 0.1) is 5.92 Å². The zero-order chi connectivity index (χ0) is 16.0. The topological polar surface area (TPSA) is 64.3 Å². The van der Waals surface area contributed by atoms with Crippen LogP contribution in [0.3, 0.4) is 0 Å².